The number of amides is 1. The van der Waals surface area contributed by atoms with Crippen molar-refractivity contribution in [2.24, 2.45) is 5.73 Å². The van der Waals surface area contributed by atoms with Crippen LogP contribution in [0.15, 0.2) is 0 Å². The van der Waals surface area contributed by atoms with Gasteiger partial charge in [0.25, 0.3) is 0 Å². The van der Waals surface area contributed by atoms with E-state index in [-0.39, 0.29) is 35.9 Å². The first kappa shape index (κ1) is 13.4. The Labute approximate surface area is 96.7 Å². The quantitative estimate of drug-likeness (QED) is 0.721. The minimum absolute atomic E-state index is 0.0695. The second-order valence-corrected chi connectivity index (χ2v) is 6.62. The third-order valence-electron chi connectivity index (χ3n) is 2.80. The van der Waals surface area contributed by atoms with Gasteiger partial charge in [-0.3, -0.25) is 4.79 Å². The van der Waals surface area contributed by atoms with E-state index in [0.717, 1.165) is 12.8 Å². The molecule has 6 heteroatoms. The van der Waals surface area contributed by atoms with Crippen molar-refractivity contribution >= 4 is 15.7 Å². The molecule has 2 atom stereocenters. The summed E-state index contributed by atoms with van der Waals surface area (Å²) < 4.78 is 22.7. The van der Waals surface area contributed by atoms with E-state index in [2.05, 4.69) is 5.32 Å². The van der Waals surface area contributed by atoms with Gasteiger partial charge in [0.15, 0.2) is 9.84 Å². The van der Waals surface area contributed by atoms with Gasteiger partial charge in [0, 0.05) is 18.5 Å². The van der Waals surface area contributed by atoms with E-state index in [9.17, 15) is 13.2 Å². The summed E-state index contributed by atoms with van der Waals surface area (Å²) in [5.74, 6) is 0.171. The van der Waals surface area contributed by atoms with Gasteiger partial charge in [0.05, 0.1) is 11.5 Å². The van der Waals surface area contributed by atoms with E-state index >= 15 is 0 Å². The molecule has 0 bridgehead atoms. The summed E-state index contributed by atoms with van der Waals surface area (Å²) in [5.41, 5.74) is 5.65. The van der Waals surface area contributed by atoms with E-state index in [0.29, 0.717) is 6.42 Å². The smallest absolute Gasteiger partial charge is 0.221 e. The van der Waals surface area contributed by atoms with Crippen LogP contribution in [0.2, 0.25) is 0 Å². The van der Waals surface area contributed by atoms with E-state index in [1.807, 2.05) is 6.92 Å². The summed E-state index contributed by atoms with van der Waals surface area (Å²) in [6, 6.07) is -0.365. The Hall–Kier alpha value is -0.620. The first-order valence-electron chi connectivity index (χ1n) is 5.68. The van der Waals surface area contributed by atoms with Crippen LogP contribution in [0.3, 0.4) is 0 Å². The molecule has 0 aromatic rings. The molecule has 0 radical (unpaired) electrons. The molecule has 0 aliphatic carbocycles. The summed E-state index contributed by atoms with van der Waals surface area (Å²) in [6.07, 6.45) is 2.39. The Kier molecular flexibility index (Phi) is 4.73. The van der Waals surface area contributed by atoms with Crippen molar-refractivity contribution in [2.45, 2.75) is 44.7 Å². The molecule has 0 aromatic carbocycles. The molecule has 1 heterocycles. The van der Waals surface area contributed by atoms with Gasteiger partial charge in [-0.25, -0.2) is 8.42 Å². The second-order valence-electron chi connectivity index (χ2n) is 4.39. The van der Waals surface area contributed by atoms with Crippen LogP contribution in [0.5, 0.6) is 0 Å². The Morgan fingerprint density at radius 3 is 2.81 bits per heavy atom. The molecule has 1 saturated heterocycles. The number of nitrogens with one attached hydrogen (secondary N) is 1. The lowest BCUT2D eigenvalue weighted by Crippen LogP contribution is -2.44. The molecule has 94 valence electrons. The highest BCUT2D eigenvalue weighted by molar-refractivity contribution is 7.91. The molecule has 0 aromatic heterocycles. The highest BCUT2D eigenvalue weighted by Crippen LogP contribution is 2.12. The predicted molar refractivity (Wildman–Crippen MR) is 62.7 cm³/mol. The molecule has 0 saturated carbocycles. The Balaban J connectivity index is 2.39. The topological polar surface area (TPSA) is 89.3 Å². The first-order chi connectivity index (χ1) is 7.43. The van der Waals surface area contributed by atoms with E-state index in [1.54, 1.807) is 0 Å². The lowest BCUT2D eigenvalue weighted by molar-refractivity contribution is -0.122. The van der Waals surface area contributed by atoms with Gasteiger partial charge in [-0.05, 0) is 19.3 Å². The number of sulfone groups is 1. The normalized spacial score (nSPS) is 26.0. The number of hydrogen-bond acceptors (Lipinski definition) is 4. The zero-order valence-electron chi connectivity index (χ0n) is 9.61. The van der Waals surface area contributed by atoms with Crippen LogP contribution in [0.25, 0.3) is 0 Å². The molecule has 1 amide bonds. The lowest BCUT2D eigenvalue weighted by atomic mass is 10.1. The molecular weight excluding hydrogens is 228 g/mol. The fourth-order valence-electron chi connectivity index (χ4n) is 1.81. The third-order valence-corrected chi connectivity index (χ3v) is 4.62. The molecule has 0 spiro atoms. The number of carbonyl (C=O) groups is 1. The van der Waals surface area contributed by atoms with Crippen molar-refractivity contribution < 1.29 is 13.2 Å². The molecule has 16 heavy (non-hydrogen) atoms. The van der Waals surface area contributed by atoms with Crippen molar-refractivity contribution in [1.29, 1.82) is 0 Å². The summed E-state index contributed by atoms with van der Waals surface area (Å²) in [5, 5.41) is 2.74. The summed E-state index contributed by atoms with van der Waals surface area (Å²) >= 11 is 0. The van der Waals surface area contributed by atoms with Crippen LogP contribution in [-0.4, -0.2) is 37.9 Å². The van der Waals surface area contributed by atoms with Gasteiger partial charge in [-0.1, -0.05) is 6.92 Å². The summed E-state index contributed by atoms with van der Waals surface area (Å²) in [7, 11) is -2.96. The minimum Gasteiger partial charge on any atom is -0.352 e. The summed E-state index contributed by atoms with van der Waals surface area (Å²) in [6.45, 7) is 1.92. The van der Waals surface area contributed by atoms with Crippen LogP contribution >= 0.6 is 0 Å². The molecular formula is C10H20N2O3S. The van der Waals surface area contributed by atoms with Gasteiger partial charge < -0.3 is 11.1 Å². The SMILES string of the molecule is CCC(N)CC(=O)NC1CCCS(=O)(=O)C1. The van der Waals surface area contributed by atoms with Gasteiger partial charge in [-0.15, -0.1) is 0 Å². The highest BCUT2D eigenvalue weighted by atomic mass is 32.2. The Bertz CT molecular complexity index is 340. The third kappa shape index (κ3) is 4.49. The van der Waals surface area contributed by atoms with Gasteiger partial charge in [0.2, 0.25) is 5.91 Å². The minimum atomic E-state index is -2.96. The van der Waals surface area contributed by atoms with Crippen molar-refractivity contribution in [3.8, 4) is 0 Å². The van der Waals surface area contributed by atoms with Crippen LogP contribution in [0.4, 0.5) is 0 Å². The molecule has 3 N–H and O–H groups in total. The van der Waals surface area contributed by atoms with Gasteiger partial charge in [0.1, 0.15) is 0 Å². The molecule has 1 rings (SSSR count). The number of carbonyl (C=O) groups excluding carboxylic acids is 1. The van der Waals surface area contributed by atoms with Crippen LogP contribution < -0.4 is 11.1 Å². The predicted octanol–water partition coefficient (Wildman–Crippen LogP) is -0.193. The number of rotatable bonds is 4. The van der Waals surface area contributed by atoms with Crippen LogP contribution in [-0.2, 0) is 14.6 Å². The summed E-state index contributed by atoms with van der Waals surface area (Å²) in [4.78, 5) is 11.5. The maximum absolute atomic E-state index is 11.5. The molecule has 1 aliphatic heterocycles. The van der Waals surface area contributed by atoms with Crippen LogP contribution in [0, 0.1) is 0 Å². The van der Waals surface area contributed by atoms with Crippen molar-refractivity contribution in [3.63, 3.8) is 0 Å². The molecule has 1 aliphatic rings. The average Bonchev–Trinajstić information content (AvgIpc) is 2.15. The molecule has 2 unspecified atom stereocenters. The fraction of sp³-hybridized carbons (Fsp3) is 0.900. The average molecular weight is 248 g/mol. The van der Waals surface area contributed by atoms with Crippen molar-refractivity contribution in [1.82, 2.24) is 5.32 Å². The second kappa shape index (κ2) is 5.63. The first-order valence-corrected chi connectivity index (χ1v) is 7.50. The Morgan fingerprint density at radius 2 is 2.25 bits per heavy atom. The van der Waals surface area contributed by atoms with E-state index in [4.69, 9.17) is 5.73 Å². The molecule has 5 nitrogen and oxygen atoms in total. The Morgan fingerprint density at radius 1 is 1.56 bits per heavy atom. The van der Waals surface area contributed by atoms with Crippen LogP contribution in [0.1, 0.15) is 32.6 Å². The van der Waals surface area contributed by atoms with Crippen molar-refractivity contribution in [2.75, 3.05) is 11.5 Å². The number of nitrogens with two attached hydrogens (primary N) is 1. The fourth-order valence-corrected chi connectivity index (χ4v) is 3.44. The van der Waals surface area contributed by atoms with Crippen molar-refractivity contribution in [3.05, 3.63) is 0 Å². The number of hydrogen-bond donors (Lipinski definition) is 2. The zero-order valence-corrected chi connectivity index (χ0v) is 10.4. The zero-order chi connectivity index (χ0) is 12.2. The highest BCUT2D eigenvalue weighted by Gasteiger charge is 2.25. The standard InChI is InChI=1S/C10H20N2O3S/c1-2-8(11)6-10(13)12-9-4-3-5-16(14,15)7-9/h8-9H,2-7,11H2,1H3,(H,12,13). The van der Waals surface area contributed by atoms with E-state index in [1.165, 1.54) is 0 Å². The largest absolute Gasteiger partial charge is 0.352 e. The molecule has 1 fully saturated rings. The lowest BCUT2D eigenvalue weighted by Gasteiger charge is -2.23. The maximum Gasteiger partial charge on any atom is 0.221 e. The monoisotopic (exact) mass is 248 g/mol. The van der Waals surface area contributed by atoms with Gasteiger partial charge >= 0.3 is 0 Å². The van der Waals surface area contributed by atoms with E-state index < -0.39 is 9.84 Å². The maximum atomic E-state index is 11.5. The van der Waals surface area contributed by atoms with Gasteiger partial charge in [-0.2, -0.15) is 0 Å².